The van der Waals surface area contributed by atoms with E-state index in [1.54, 1.807) is 18.2 Å². The van der Waals surface area contributed by atoms with Gasteiger partial charge in [-0.3, -0.25) is 9.59 Å². The molecule has 0 unspecified atom stereocenters. The van der Waals surface area contributed by atoms with E-state index in [0.29, 0.717) is 22.6 Å². The average molecular weight is 344 g/mol. The zero-order chi connectivity index (χ0) is 18.1. The van der Waals surface area contributed by atoms with Crippen LogP contribution in [0.3, 0.4) is 0 Å². The van der Waals surface area contributed by atoms with E-state index in [0.717, 1.165) is 12.1 Å². The van der Waals surface area contributed by atoms with Crippen molar-refractivity contribution in [3.63, 3.8) is 0 Å². The number of anilines is 1. The molecule has 1 amide bonds. The summed E-state index contributed by atoms with van der Waals surface area (Å²) in [5.74, 6) is -1.80. The first kappa shape index (κ1) is 16.6. The van der Waals surface area contributed by atoms with Gasteiger partial charge >= 0.3 is 0 Å². The predicted octanol–water partition coefficient (Wildman–Crippen LogP) is 3.08. The number of carbonyl (C=O) groups excluding carboxylic acids is 1. The molecule has 25 heavy (non-hydrogen) atoms. The van der Waals surface area contributed by atoms with Gasteiger partial charge in [0.1, 0.15) is 23.1 Å². The van der Waals surface area contributed by atoms with Gasteiger partial charge in [0.15, 0.2) is 0 Å². The van der Waals surface area contributed by atoms with Crippen LogP contribution in [0.2, 0.25) is 0 Å². The summed E-state index contributed by atoms with van der Waals surface area (Å²) in [6.45, 7) is 0. The highest BCUT2D eigenvalue weighted by Gasteiger charge is 2.16. The van der Waals surface area contributed by atoms with Crippen molar-refractivity contribution in [3.05, 3.63) is 70.1 Å². The molecule has 2 aromatic carbocycles. The second kappa shape index (κ2) is 6.35. The zero-order valence-corrected chi connectivity index (χ0v) is 13.5. The molecule has 0 spiro atoms. The number of fused-ring (bicyclic) bond motifs is 1. The number of nitrogens with one attached hydrogen (secondary N) is 1. The Kier molecular flexibility index (Phi) is 4.22. The maximum atomic E-state index is 13.7. The molecule has 0 aliphatic heterocycles. The normalized spacial score (nSPS) is 10.7. The fourth-order valence-electron chi connectivity index (χ4n) is 2.51. The molecule has 5 nitrogen and oxygen atoms in total. The van der Waals surface area contributed by atoms with Gasteiger partial charge in [0.25, 0.3) is 11.5 Å². The summed E-state index contributed by atoms with van der Waals surface area (Å²) in [6, 6.07) is 9.21. The van der Waals surface area contributed by atoms with E-state index in [4.69, 9.17) is 4.74 Å². The zero-order valence-electron chi connectivity index (χ0n) is 13.5. The lowest BCUT2D eigenvalue weighted by Crippen LogP contribution is -2.26. The number of halogens is 2. The summed E-state index contributed by atoms with van der Waals surface area (Å²) in [5, 5.41) is 3.29. The van der Waals surface area contributed by atoms with Gasteiger partial charge in [-0.05, 0) is 41.8 Å². The fraction of sp³-hybridized carbons (Fsp3) is 0.111. The third kappa shape index (κ3) is 3.08. The lowest BCUT2D eigenvalue weighted by Gasteiger charge is -2.12. The molecular formula is C18H14F2N2O3. The second-order valence-corrected chi connectivity index (χ2v) is 5.43. The molecule has 0 aliphatic carbocycles. The number of hydrogen-bond acceptors (Lipinski definition) is 3. The van der Waals surface area contributed by atoms with Crippen LogP contribution in [0.15, 0.2) is 47.3 Å². The van der Waals surface area contributed by atoms with E-state index in [9.17, 15) is 18.4 Å². The highest BCUT2D eigenvalue weighted by Crippen LogP contribution is 2.20. The van der Waals surface area contributed by atoms with Crippen LogP contribution in [0.1, 0.15) is 10.5 Å². The minimum atomic E-state index is -0.902. The van der Waals surface area contributed by atoms with Crippen LogP contribution < -0.4 is 15.6 Å². The van der Waals surface area contributed by atoms with Crippen molar-refractivity contribution in [2.45, 2.75) is 0 Å². The van der Waals surface area contributed by atoms with E-state index < -0.39 is 17.5 Å². The van der Waals surface area contributed by atoms with Crippen LogP contribution in [0.25, 0.3) is 10.8 Å². The van der Waals surface area contributed by atoms with Gasteiger partial charge in [0.05, 0.1) is 12.8 Å². The Hall–Kier alpha value is -3.22. The van der Waals surface area contributed by atoms with Gasteiger partial charge in [-0.1, -0.05) is 0 Å². The number of aromatic nitrogens is 1. The quantitative estimate of drug-likeness (QED) is 0.794. The first-order chi connectivity index (χ1) is 11.9. The van der Waals surface area contributed by atoms with Gasteiger partial charge in [-0.15, -0.1) is 0 Å². The molecule has 7 heteroatoms. The van der Waals surface area contributed by atoms with Crippen molar-refractivity contribution in [1.29, 1.82) is 0 Å². The molecular weight excluding hydrogens is 330 g/mol. The summed E-state index contributed by atoms with van der Waals surface area (Å²) in [5.41, 5.74) is -0.510. The largest absolute Gasteiger partial charge is 0.497 e. The van der Waals surface area contributed by atoms with E-state index in [1.165, 1.54) is 24.8 Å². The summed E-state index contributed by atoms with van der Waals surface area (Å²) < 4.78 is 33.0. The van der Waals surface area contributed by atoms with E-state index in [1.807, 2.05) is 0 Å². The number of methoxy groups -OCH3 is 1. The molecule has 0 bridgehead atoms. The summed E-state index contributed by atoms with van der Waals surface area (Å²) in [7, 11) is 2.94. The van der Waals surface area contributed by atoms with E-state index in [2.05, 4.69) is 5.32 Å². The molecule has 3 rings (SSSR count). The van der Waals surface area contributed by atoms with Crippen molar-refractivity contribution >= 4 is 22.4 Å². The summed E-state index contributed by atoms with van der Waals surface area (Å²) in [6.07, 6.45) is 0. The van der Waals surface area contributed by atoms with E-state index in [-0.39, 0.29) is 16.9 Å². The van der Waals surface area contributed by atoms with Crippen LogP contribution >= 0.6 is 0 Å². The van der Waals surface area contributed by atoms with Crippen molar-refractivity contribution in [1.82, 2.24) is 4.57 Å². The topological polar surface area (TPSA) is 60.3 Å². The van der Waals surface area contributed by atoms with Gasteiger partial charge in [-0.25, -0.2) is 8.78 Å². The van der Waals surface area contributed by atoms with Crippen molar-refractivity contribution in [2.24, 2.45) is 7.05 Å². The molecule has 0 atom stereocenters. The van der Waals surface area contributed by atoms with Crippen molar-refractivity contribution in [3.8, 4) is 5.75 Å². The van der Waals surface area contributed by atoms with Crippen molar-refractivity contribution < 1.29 is 18.3 Å². The number of hydrogen-bond donors (Lipinski definition) is 1. The molecule has 0 saturated carbocycles. The summed E-state index contributed by atoms with van der Waals surface area (Å²) >= 11 is 0. The van der Waals surface area contributed by atoms with E-state index >= 15 is 0 Å². The Morgan fingerprint density at radius 1 is 1.12 bits per heavy atom. The standard InChI is InChI=1S/C18H14F2N2O3/c1-22-16(17(23)21-15-6-3-11(19)9-14(15)20)8-10-7-12(25-2)4-5-13(10)18(22)24/h3-9H,1-2H3,(H,21,23). The first-order valence-electron chi connectivity index (χ1n) is 7.35. The Bertz CT molecular complexity index is 1040. The lowest BCUT2D eigenvalue weighted by molar-refractivity contribution is 0.101. The second-order valence-electron chi connectivity index (χ2n) is 5.43. The minimum absolute atomic E-state index is 0.0366. The molecule has 3 aromatic rings. The fourth-order valence-corrected chi connectivity index (χ4v) is 2.51. The first-order valence-corrected chi connectivity index (χ1v) is 7.35. The molecule has 128 valence electrons. The van der Waals surface area contributed by atoms with Crippen LogP contribution in [-0.2, 0) is 7.05 Å². The number of amides is 1. The molecule has 1 heterocycles. The summed E-state index contributed by atoms with van der Waals surface area (Å²) in [4.78, 5) is 24.9. The number of nitrogens with zero attached hydrogens (tertiary/aromatic N) is 1. The molecule has 0 saturated heterocycles. The number of ether oxygens (including phenoxy) is 1. The lowest BCUT2D eigenvalue weighted by atomic mass is 10.1. The molecule has 1 aromatic heterocycles. The average Bonchev–Trinajstić information content (AvgIpc) is 2.59. The third-order valence-electron chi connectivity index (χ3n) is 3.86. The molecule has 0 radical (unpaired) electrons. The number of pyridine rings is 1. The van der Waals surface area contributed by atoms with Gasteiger partial charge < -0.3 is 14.6 Å². The maximum absolute atomic E-state index is 13.7. The number of rotatable bonds is 3. The SMILES string of the molecule is COc1ccc2c(=O)n(C)c(C(=O)Nc3ccc(F)cc3F)cc2c1. The Morgan fingerprint density at radius 2 is 1.88 bits per heavy atom. The Morgan fingerprint density at radius 3 is 2.56 bits per heavy atom. The van der Waals surface area contributed by atoms with Gasteiger partial charge in [0, 0.05) is 18.5 Å². The Balaban J connectivity index is 2.06. The smallest absolute Gasteiger partial charge is 0.272 e. The maximum Gasteiger partial charge on any atom is 0.272 e. The van der Waals surface area contributed by atoms with Crippen LogP contribution in [0, 0.1) is 11.6 Å². The van der Waals surface area contributed by atoms with Crippen LogP contribution in [0.4, 0.5) is 14.5 Å². The van der Waals surface area contributed by atoms with Gasteiger partial charge in [0.2, 0.25) is 0 Å². The highest BCUT2D eigenvalue weighted by atomic mass is 19.1. The minimum Gasteiger partial charge on any atom is -0.497 e. The predicted molar refractivity (Wildman–Crippen MR) is 90.1 cm³/mol. The van der Waals surface area contributed by atoms with Crippen LogP contribution in [0.5, 0.6) is 5.75 Å². The Labute approximate surface area is 141 Å². The number of benzene rings is 2. The van der Waals surface area contributed by atoms with Crippen molar-refractivity contribution in [2.75, 3.05) is 12.4 Å². The highest BCUT2D eigenvalue weighted by molar-refractivity contribution is 6.05. The monoisotopic (exact) mass is 344 g/mol. The van der Waals surface area contributed by atoms with Gasteiger partial charge in [-0.2, -0.15) is 0 Å². The molecule has 1 N–H and O–H groups in total. The molecule has 0 aliphatic rings. The molecule has 0 fully saturated rings. The van der Waals surface area contributed by atoms with Crippen LogP contribution in [-0.4, -0.2) is 17.6 Å². The number of carbonyl (C=O) groups is 1. The third-order valence-corrected chi connectivity index (χ3v) is 3.86.